The molecule has 2 aromatic carbocycles. The fraction of sp³-hybridized carbons (Fsp3) is 0.333. The predicted molar refractivity (Wildman–Crippen MR) is 132 cm³/mol. The van der Waals surface area contributed by atoms with Crippen LogP contribution in [0.3, 0.4) is 0 Å². The van der Waals surface area contributed by atoms with E-state index >= 15 is 0 Å². The van der Waals surface area contributed by atoms with E-state index in [0.717, 1.165) is 19.3 Å². The molecule has 0 aliphatic rings. The summed E-state index contributed by atoms with van der Waals surface area (Å²) in [6.07, 6.45) is 6.74. The number of aromatic amines is 1. The predicted octanol–water partition coefficient (Wildman–Crippen LogP) is 5.88. The Labute approximate surface area is 196 Å². The molecule has 0 fully saturated rings. The van der Waals surface area contributed by atoms with Crippen molar-refractivity contribution in [3.63, 3.8) is 0 Å². The van der Waals surface area contributed by atoms with Gasteiger partial charge in [0.25, 0.3) is 5.91 Å². The Balaban J connectivity index is 1.91. The molecule has 0 radical (unpaired) electrons. The number of halogens is 2. The third-order valence-corrected chi connectivity index (χ3v) is 6.06. The Morgan fingerprint density at radius 2 is 1.75 bits per heavy atom. The van der Waals surface area contributed by atoms with Crippen molar-refractivity contribution in [3.8, 4) is 17.0 Å². The van der Waals surface area contributed by atoms with E-state index in [1.165, 1.54) is 31.4 Å². The lowest BCUT2D eigenvalue weighted by Gasteiger charge is -2.12. The molecule has 0 saturated heterocycles. The van der Waals surface area contributed by atoms with Crippen LogP contribution in [0.5, 0.6) is 5.75 Å². The first-order valence-electron chi connectivity index (χ1n) is 10.8. The number of para-hydroxylation sites is 1. The van der Waals surface area contributed by atoms with E-state index in [-0.39, 0.29) is 32.7 Å². The molecular weight excluding hydrogens is 449 g/mol. The average molecular weight is 476 g/mol. The second-order valence-corrected chi connectivity index (χ2v) is 8.60. The molecule has 6 nitrogen and oxygen atoms in total. The van der Waals surface area contributed by atoms with Crippen molar-refractivity contribution in [3.05, 3.63) is 56.2 Å². The highest BCUT2D eigenvalue weighted by Gasteiger charge is 2.19. The first-order chi connectivity index (χ1) is 15.3. The zero-order valence-electron chi connectivity index (χ0n) is 17.9. The number of pyridine rings is 1. The molecule has 0 atom stereocenters. The molecule has 5 N–H and O–H groups in total. The lowest BCUT2D eigenvalue weighted by Crippen LogP contribution is -2.25. The highest BCUT2D eigenvalue weighted by molar-refractivity contribution is 6.39. The van der Waals surface area contributed by atoms with Gasteiger partial charge in [-0.3, -0.25) is 9.59 Å². The number of H-pyrrole nitrogens is 1. The molecule has 0 unspecified atom stereocenters. The van der Waals surface area contributed by atoms with Crippen molar-refractivity contribution >= 4 is 45.7 Å². The number of carbonyl (C=O) groups excluding carboxylic acids is 1. The summed E-state index contributed by atoms with van der Waals surface area (Å²) in [6.45, 7) is 2.73. The van der Waals surface area contributed by atoms with Crippen LogP contribution in [0.25, 0.3) is 22.2 Å². The molecule has 170 valence electrons. The van der Waals surface area contributed by atoms with Crippen LogP contribution in [-0.2, 0) is 0 Å². The lowest BCUT2D eigenvalue weighted by atomic mass is 10.0. The number of carbonyl (C=O) groups is 1. The number of unbranched alkanes of at least 4 members (excludes halogenated alkanes) is 5. The van der Waals surface area contributed by atoms with Crippen LogP contribution in [0.2, 0.25) is 10.0 Å². The number of aromatic hydroxyl groups is 1. The minimum absolute atomic E-state index is 0.113. The summed E-state index contributed by atoms with van der Waals surface area (Å²) >= 11 is 12.2. The molecule has 1 heterocycles. The van der Waals surface area contributed by atoms with E-state index in [2.05, 4.69) is 17.2 Å². The highest BCUT2D eigenvalue weighted by Crippen LogP contribution is 2.36. The number of aromatic nitrogens is 1. The standard InChI is InChI=1S/C24H27Cl2N3O3/c1-2-3-4-5-6-7-11-28-24(32)16-10-8-9-15-21(16)29-20(23(31)22(15)30)14-12-17(25)19(27)18(26)13-14/h8-10,12-13,31H,2-7,11,27H2,1H3,(H,28,32)(H,29,30). The van der Waals surface area contributed by atoms with Gasteiger partial charge in [0.2, 0.25) is 5.43 Å². The molecule has 1 aromatic heterocycles. The number of amides is 1. The molecule has 0 bridgehead atoms. The Hall–Kier alpha value is -2.70. The largest absolute Gasteiger partial charge is 0.503 e. The SMILES string of the molecule is CCCCCCCCNC(=O)c1cccc2c(=O)c(O)c(-c3cc(Cl)c(N)c(Cl)c3)[nH]c12. The maximum absolute atomic E-state index is 12.8. The summed E-state index contributed by atoms with van der Waals surface area (Å²) in [6, 6.07) is 7.82. The van der Waals surface area contributed by atoms with Gasteiger partial charge in [0.1, 0.15) is 0 Å². The van der Waals surface area contributed by atoms with E-state index in [1.807, 2.05) is 0 Å². The Morgan fingerprint density at radius 3 is 2.44 bits per heavy atom. The summed E-state index contributed by atoms with van der Waals surface area (Å²) in [5.41, 5.74) is 6.54. The summed E-state index contributed by atoms with van der Waals surface area (Å²) < 4.78 is 0. The first kappa shape index (κ1) is 24.0. The fourth-order valence-electron chi connectivity index (χ4n) is 3.63. The molecule has 32 heavy (non-hydrogen) atoms. The van der Waals surface area contributed by atoms with Gasteiger partial charge in [-0.1, -0.05) is 68.3 Å². The molecule has 3 aromatic rings. The molecule has 3 rings (SSSR count). The van der Waals surface area contributed by atoms with E-state index in [0.29, 0.717) is 23.2 Å². The second kappa shape index (κ2) is 10.7. The van der Waals surface area contributed by atoms with E-state index in [4.69, 9.17) is 28.9 Å². The second-order valence-electron chi connectivity index (χ2n) is 7.78. The van der Waals surface area contributed by atoms with E-state index in [1.54, 1.807) is 18.2 Å². The molecule has 0 spiro atoms. The molecule has 0 aliphatic carbocycles. The summed E-state index contributed by atoms with van der Waals surface area (Å²) in [5, 5.41) is 14.0. The Morgan fingerprint density at radius 1 is 1.09 bits per heavy atom. The normalized spacial score (nSPS) is 11.1. The molecule has 0 saturated carbocycles. The number of hydrogen-bond donors (Lipinski definition) is 4. The summed E-state index contributed by atoms with van der Waals surface area (Å²) in [5.74, 6) is -0.774. The van der Waals surface area contributed by atoms with Gasteiger partial charge in [0.15, 0.2) is 5.75 Å². The Bertz CT molecular complexity index is 1170. The number of nitrogens with two attached hydrogens (primary N) is 1. The number of nitrogen functional groups attached to an aromatic ring is 1. The van der Waals surface area contributed by atoms with Gasteiger partial charge in [0.05, 0.1) is 37.9 Å². The van der Waals surface area contributed by atoms with Crippen LogP contribution in [0.15, 0.2) is 35.1 Å². The number of benzene rings is 2. The molecule has 8 heteroatoms. The smallest absolute Gasteiger partial charge is 0.253 e. The van der Waals surface area contributed by atoms with Crippen molar-refractivity contribution in [1.82, 2.24) is 10.3 Å². The Kier molecular flexibility index (Phi) is 8.04. The van der Waals surface area contributed by atoms with Crippen LogP contribution in [0.4, 0.5) is 5.69 Å². The number of fused-ring (bicyclic) bond motifs is 1. The van der Waals surface area contributed by atoms with Crippen molar-refractivity contribution in [2.24, 2.45) is 0 Å². The van der Waals surface area contributed by atoms with Crippen molar-refractivity contribution in [2.75, 3.05) is 12.3 Å². The zero-order chi connectivity index (χ0) is 23.3. The van der Waals surface area contributed by atoms with Crippen LogP contribution >= 0.6 is 23.2 Å². The highest BCUT2D eigenvalue weighted by atomic mass is 35.5. The van der Waals surface area contributed by atoms with Gasteiger partial charge in [-0.25, -0.2) is 0 Å². The maximum atomic E-state index is 12.8. The molecular formula is C24H27Cl2N3O3. The van der Waals surface area contributed by atoms with Gasteiger partial charge in [-0.15, -0.1) is 0 Å². The van der Waals surface area contributed by atoms with Crippen LogP contribution in [0.1, 0.15) is 55.8 Å². The third-order valence-electron chi connectivity index (χ3n) is 5.44. The van der Waals surface area contributed by atoms with Crippen LogP contribution in [0, 0.1) is 0 Å². The number of nitrogens with one attached hydrogen (secondary N) is 2. The minimum Gasteiger partial charge on any atom is -0.503 e. The number of anilines is 1. The van der Waals surface area contributed by atoms with Gasteiger partial charge in [0, 0.05) is 12.1 Å². The number of rotatable bonds is 9. The topological polar surface area (TPSA) is 108 Å². The zero-order valence-corrected chi connectivity index (χ0v) is 19.4. The summed E-state index contributed by atoms with van der Waals surface area (Å²) in [4.78, 5) is 28.7. The van der Waals surface area contributed by atoms with Gasteiger partial charge in [-0.05, 0) is 30.7 Å². The maximum Gasteiger partial charge on any atom is 0.253 e. The van der Waals surface area contributed by atoms with E-state index < -0.39 is 11.2 Å². The van der Waals surface area contributed by atoms with Crippen molar-refractivity contribution in [2.45, 2.75) is 45.4 Å². The third kappa shape index (κ3) is 5.19. The number of hydrogen-bond acceptors (Lipinski definition) is 4. The first-order valence-corrected chi connectivity index (χ1v) is 11.5. The van der Waals surface area contributed by atoms with Crippen molar-refractivity contribution in [1.29, 1.82) is 0 Å². The van der Waals surface area contributed by atoms with E-state index in [9.17, 15) is 14.7 Å². The fourth-order valence-corrected chi connectivity index (χ4v) is 4.12. The van der Waals surface area contributed by atoms with Gasteiger partial charge < -0.3 is 21.1 Å². The van der Waals surface area contributed by atoms with Crippen LogP contribution < -0.4 is 16.5 Å². The minimum atomic E-state index is -0.594. The molecule has 1 amide bonds. The monoisotopic (exact) mass is 475 g/mol. The van der Waals surface area contributed by atoms with Gasteiger partial charge in [-0.2, -0.15) is 0 Å². The quantitative estimate of drug-likeness (QED) is 0.228. The van der Waals surface area contributed by atoms with Crippen molar-refractivity contribution < 1.29 is 9.90 Å². The lowest BCUT2D eigenvalue weighted by molar-refractivity contribution is 0.0954. The summed E-state index contributed by atoms with van der Waals surface area (Å²) in [7, 11) is 0. The van der Waals surface area contributed by atoms with Crippen LogP contribution in [-0.4, -0.2) is 22.5 Å². The average Bonchev–Trinajstić information content (AvgIpc) is 2.78. The van der Waals surface area contributed by atoms with Gasteiger partial charge >= 0.3 is 0 Å². The molecule has 0 aliphatic heterocycles.